The molecule has 1 atom stereocenters. The smallest absolute Gasteiger partial charge is 0.343 e. The maximum Gasteiger partial charge on any atom is 0.343 e. The average molecular weight is 433 g/mol. The Hall–Kier alpha value is -3.98. The first-order chi connectivity index (χ1) is 15.5. The molecule has 4 rings (SSSR count). The Kier molecular flexibility index (Phi) is 6.00. The largest absolute Gasteiger partial charge is 0.595 e. The molecule has 0 aliphatic rings. The highest BCUT2D eigenvalue weighted by Gasteiger charge is 2.24. The van der Waals surface area contributed by atoms with Crippen molar-refractivity contribution >= 4 is 28.6 Å². The SMILES string of the molecule is CCOC(=O)c1c(-c2ccccc2)oc2ccc(OC(=O)c3ccc([NH+]([O-])O)cc3)cc12. The molecule has 32 heavy (non-hydrogen) atoms. The van der Waals surface area contributed by atoms with Crippen molar-refractivity contribution in [3.05, 3.63) is 89.1 Å². The number of rotatable bonds is 6. The quantitative estimate of drug-likeness (QED) is 0.269. The first-order valence-electron chi connectivity index (χ1n) is 9.82. The van der Waals surface area contributed by atoms with Gasteiger partial charge in [0, 0.05) is 23.1 Å². The van der Waals surface area contributed by atoms with Gasteiger partial charge in [0.1, 0.15) is 22.7 Å². The Morgan fingerprint density at radius 3 is 2.38 bits per heavy atom. The normalized spacial score (nSPS) is 11.8. The summed E-state index contributed by atoms with van der Waals surface area (Å²) in [5, 5.41) is 19.3. The van der Waals surface area contributed by atoms with Crippen LogP contribution in [0.25, 0.3) is 22.3 Å². The molecule has 8 nitrogen and oxygen atoms in total. The number of benzene rings is 3. The number of nitrogens with one attached hydrogen (secondary N) is 1. The van der Waals surface area contributed by atoms with E-state index in [4.69, 9.17) is 19.1 Å². The van der Waals surface area contributed by atoms with Crippen molar-refractivity contribution in [3.63, 3.8) is 0 Å². The maximum atomic E-state index is 12.7. The van der Waals surface area contributed by atoms with Gasteiger partial charge in [-0.15, -0.1) is 0 Å². The maximum absolute atomic E-state index is 12.7. The second kappa shape index (κ2) is 9.03. The molecule has 3 aromatic carbocycles. The van der Waals surface area contributed by atoms with Gasteiger partial charge in [0.2, 0.25) is 0 Å². The molecule has 1 unspecified atom stereocenters. The van der Waals surface area contributed by atoms with Crippen LogP contribution in [0.4, 0.5) is 5.69 Å². The summed E-state index contributed by atoms with van der Waals surface area (Å²) in [4.78, 5) is 25.2. The average Bonchev–Trinajstić information content (AvgIpc) is 3.19. The van der Waals surface area contributed by atoms with E-state index in [0.29, 0.717) is 22.3 Å². The molecule has 0 bridgehead atoms. The summed E-state index contributed by atoms with van der Waals surface area (Å²) in [6.45, 7) is 1.91. The molecule has 8 heteroatoms. The van der Waals surface area contributed by atoms with Crippen LogP contribution in [0.2, 0.25) is 0 Å². The van der Waals surface area contributed by atoms with E-state index in [-0.39, 0.29) is 29.2 Å². The van der Waals surface area contributed by atoms with Gasteiger partial charge in [-0.05, 0) is 37.3 Å². The van der Waals surface area contributed by atoms with Crippen LogP contribution >= 0.6 is 0 Å². The Balaban J connectivity index is 1.70. The number of esters is 2. The number of furan rings is 1. The Morgan fingerprint density at radius 2 is 1.72 bits per heavy atom. The molecule has 162 valence electrons. The van der Waals surface area contributed by atoms with Gasteiger partial charge < -0.3 is 19.1 Å². The predicted octanol–water partition coefficient (Wildman–Crippen LogP) is 3.90. The van der Waals surface area contributed by atoms with Crippen LogP contribution in [-0.2, 0) is 4.74 Å². The van der Waals surface area contributed by atoms with Crippen molar-refractivity contribution in [2.24, 2.45) is 0 Å². The highest BCUT2D eigenvalue weighted by atomic mass is 16.8. The topological polar surface area (TPSA) is 113 Å². The fourth-order valence-corrected chi connectivity index (χ4v) is 3.25. The first-order valence-corrected chi connectivity index (χ1v) is 9.82. The molecule has 2 N–H and O–H groups in total. The number of ether oxygens (including phenoxy) is 2. The van der Waals surface area contributed by atoms with Crippen LogP contribution in [0.1, 0.15) is 27.6 Å². The molecule has 0 aliphatic heterocycles. The van der Waals surface area contributed by atoms with E-state index < -0.39 is 17.2 Å². The van der Waals surface area contributed by atoms with Gasteiger partial charge >= 0.3 is 11.9 Å². The van der Waals surface area contributed by atoms with Gasteiger partial charge in [0.15, 0.2) is 5.69 Å². The summed E-state index contributed by atoms with van der Waals surface area (Å²) in [6, 6.07) is 19.3. The zero-order valence-corrected chi connectivity index (χ0v) is 17.0. The minimum absolute atomic E-state index is 0.0638. The summed E-state index contributed by atoms with van der Waals surface area (Å²) < 4.78 is 16.6. The van der Waals surface area contributed by atoms with Crippen molar-refractivity contribution in [2.45, 2.75) is 6.92 Å². The Morgan fingerprint density at radius 1 is 1.00 bits per heavy atom. The van der Waals surface area contributed by atoms with Crippen LogP contribution in [0.3, 0.4) is 0 Å². The Labute approximate surface area is 182 Å². The van der Waals surface area contributed by atoms with Crippen molar-refractivity contribution in [2.75, 3.05) is 6.61 Å². The highest BCUT2D eigenvalue weighted by Crippen LogP contribution is 2.36. The minimum atomic E-state index is -1.09. The molecular formula is C24H19NO7. The summed E-state index contributed by atoms with van der Waals surface area (Å²) in [5.41, 5.74) is 1.66. The fourth-order valence-electron chi connectivity index (χ4n) is 3.25. The van der Waals surface area contributed by atoms with E-state index in [9.17, 15) is 14.8 Å². The molecule has 0 amide bonds. The van der Waals surface area contributed by atoms with Crippen LogP contribution < -0.4 is 9.96 Å². The zero-order chi connectivity index (χ0) is 22.7. The third kappa shape index (κ3) is 4.23. The third-order valence-electron chi connectivity index (χ3n) is 4.75. The number of hydrogen-bond acceptors (Lipinski definition) is 7. The van der Waals surface area contributed by atoms with E-state index in [1.165, 1.54) is 24.3 Å². The van der Waals surface area contributed by atoms with Gasteiger partial charge in [-0.2, -0.15) is 5.23 Å². The number of fused-ring (bicyclic) bond motifs is 1. The van der Waals surface area contributed by atoms with Crippen molar-refractivity contribution < 1.29 is 33.9 Å². The van der Waals surface area contributed by atoms with Crippen LogP contribution in [-0.4, -0.2) is 23.8 Å². The lowest BCUT2D eigenvalue weighted by Crippen LogP contribution is -2.99. The minimum Gasteiger partial charge on any atom is -0.595 e. The molecular weight excluding hydrogens is 414 g/mol. The van der Waals surface area contributed by atoms with E-state index >= 15 is 0 Å². The van der Waals surface area contributed by atoms with Crippen LogP contribution in [0.15, 0.2) is 77.2 Å². The molecule has 4 aromatic rings. The fraction of sp³-hybridized carbons (Fsp3) is 0.0833. The molecule has 0 spiro atoms. The molecule has 0 fully saturated rings. The molecule has 1 heterocycles. The molecule has 0 aliphatic carbocycles. The van der Waals surface area contributed by atoms with Gasteiger partial charge in [-0.3, -0.25) is 0 Å². The lowest BCUT2D eigenvalue weighted by molar-refractivity contribution is -0.991. The highest BCUT2D eigenvalue weighted by molar-refractivity contribution is 6.09. The van der Waals surface area contributed by atoms with Gasteiger partial charge in [-0.1, -0.05) is 30.3 Å². The Bertz CT molecular complexity index is 1260. The summed E-state index contributed by atoms with van der Waals surface area (Å²) >= 11 is 0. The number of carbonyl (C=O) groups is 2. The van der Waals surface area contributed by atoms with Gasteiger partial charge in [-0.25, -0.2) is 14.8 Å². The summed E-state index contributed by atoms with van der Waals surface area (Å²) in [7, 11) is 0. The van der Waals surface area contributed by atoms with E-state index in [1.54, 1.807) is 25.1 Å². The van der Waals surface area contributed by atoms with Crippen molar-refractivity contribution in [3.8, 4) is 17.1 Å². The molecule has 0 radical (unpaired) electrons. The summed E-state index contributed by atoms with van der Waals surface area (Å²) in [6.07, 6.45) is 0. The lowest BCUT2D eigenvalue weighted by Gasteiger charge is -2.11. The standard InChI is InChI=1S/C24H19NO7/c1-2-30-24(27)21-19-14-18(31-23(26)16-8-10-17(11-9-16)25(28)29)12-13-20(19)32-22(21)15-6-4-3-5-7-15/h3-14,25,28H,2H2,1H3. The first kappa shape index (κ1) is 21.3. The van der Waals surface area contributed by atoms with Crippen LogP contribution in [0, 0.1) is 5.21 Å². The molecule has 0 saturated heterocycles. The second-order valence-electron chi connectivity index (χ2n) is 6.82. The number of quaternary nitrogens is 1. The van der Waals surface area contributed by atoms with Crippen molar-refractivity contribution in [1.29, 1.82) is 0 Å². The molecule has 0 saturated carbocycles. The third-order valence-corrected chi connectivity index (χ3v) is 4.75. The van der Waals surface area contributed by atoms with Crippen LogP contribution in [0.5, 0.6) is 5.75 Å². The monoisotopic (exact) mass is 433 g/mol. The summed E-state index contributed by atoms with van der Waals surface area (Å²) in [5.74, 6) is -0.633. The number of carbonyl (C=O) groups excluding carboxylic acids is 2. The van der Waals surface area contributed by atoms with E-state index in [1.807, 2.05) is 30.3 Å². The van der Waals surface area contributed by atoms with Gasteiger partial charge in [0.25, 0.3) is 0 Å². The van der Waals surface area contributed by atoms with E-state index in [2.05, 4.69) is 0 Å². The predicted molar refractivity (Wildman–Crippen MR) is 115 cm³/mol. The molecule has 1 aromatic heterocycles. The number of hydrogen-bond donors (Lipinski definition) is 2. The second-order valence-corrected chi connectivity index (χ2v) is 6.82. The van der Waals surface area contributed by atoms with Gasteiger partial charge in [0.05, 0.1) is 12.2 Å². The zero-order valence-electron chi connectivity index (χ0n) is 17.0. The van der Waals surface area contributed by atoms with Crippen molar-refractivity contribution in [1.82, 2.24) is 0 Å². The van der Waals surface area contributed by atoms with E-state index in [0.717, 1.165) is 0 Å². The lowest BCUT2D eigenvalue weighted by atomic mass is 10.1.